The van der Waals surface area contributed by atoms with Gasteiger partial charge in [-0.05, 0) is 61.2 Å². The highest BCUT2D eigenvalue weighted by molar-refractivity contribution is 8.04. The Kier molecular flexibility index (Phi) is 11.8. The average Bonchev–Trinajstić information content (AvgIpc) is 2.96. The van der Waals surface area contributed by atoms with E-state index in [1.54, 1.807) is 19.2 Å². The van der Waals surface area contributed by atoms with Gasteiger partial charge < -0.3 is 23.7 Å². The third-order valence-corrected chi connectivity index (χ3v) is 7.03. The van der Waals surface area contributed by atoms with Crippen LogP contribution in [0.5, 0.6) is 23.0 Å². The van der Waals surface area contributed by atoms with Crippen molar-refractivity contribution in [3.63, 3.8) is 0 Å². The Labute approximate surface area is 234 Å². The lowest BCUT2D eigenvalue weighted by atomic mass is 9.96. The lowest BCUT2D eigenvalue weighted by Crippen LogP contribution is -2.32. The number of carbonyl (C=O) groups is 2. The number of thiocyanates is 1. The second kappa shape index (κ2) is 15.3. The number of methoxy groups -OCH3 is 2. The van der Waals surface area contributed by atoms with Crippen LogP contribution >= 0.6 is 11.8 Å². The molecule has 1 heterocycles. The van der Waals surface area contributed by atoms with Gasteiger partial charge in [-0.1, -0.05) is 32.8 Å². The molecular weight excluding hydrogens is 518 g/mol. The fourth-order valence-corrected chi connectivity index (χ4v) is 5.04. The first kappa shape index (κ1) is 30.2. The highest BCUT2D eigenvalue weighted by atomic mass is 32.2. The van der Waals surface area contributed by atoms with Gasteiger partial charge in [0.05, 0.1) is 38.7 Å². The molecule has 9 heteroatoms. The van der Waals surface area contributed by atoms with E-state index in [4.69, 9.17) is 28.9 Å². The van der Waals surface area contributed by atoms with E-state index in [0.29, 0.717) is 49.5 Å². The first-order chi connectivity index (χ1) is 19.0. The average molecular weight is 556 g/mol. The molecule has 0 saturated heterocycles. The zero-order chi connectivity index (χ0) is 28.2. The normalized spacial score (nSPS) is 14.0. The van der Waals surface area contributed by atoms with Gasteiger partial charge in [0.2, 0.25) is 0 Å². The quantitative estimate of drug-likeness (QED) is 0.118. The van der Waals surface area contributed by atoms with E-state index in [1.807, 2.05) is 17.5 Å². The number of Topliss-reactive ketones (excluding diaryl/α,β-unsaturated/α-hetero) is 1. The Morgan fingerprint density at radius 1 is 1.03 bits per heavy atom. The lowest BCUT2D eigenvalue weighted by Gasteiger charge is -2.27. The van der Waals surface area contributed by atoms with Gasteiger partial charge in [0.25, 0.3) is 0 Å². The van der Waals surface area contributed by atoms with Crippen molar-refractivity contribution in [2.75, 3.05) is 33.2 Å². The molecule has 1 aliphatic heterocycles. The Balaban J connectivity index is 1.66. The zero-order valence-corrected chi connectivity index (χ0v) is 24.0. The number of nitrogens with zero attached hydrogens (tertiary/aromatic N) is 1. The number of fused-ring (bicyclic) bond motifs is 1. The van der Waals surface area contributed by atoms with E-state index in [1.165, 1.54) is 7.11 Å². The molecule has 0 fully saturated rings. The highest BCUT2D eigenvalue weighted by Gasteiger charge is 2.29. The standard InChI is InChI=1S/C30H37NO7S/c1-5-8-22-25(13-10-20-11-14-27(30(33)35-4)38-28(20)22)36-16-7-17-37-26-15-12-21(24(32)18-39-19-31)29(34-3)23(26)9-6-2/h10,12-13,15,27H,5-9,11,14,16-18H2,1-4H3. The molecule has 0 amide bonds. The summed E-state index contributed by atoms with van der Waals surface area (Å²) in [6.45, 7) is 5.02. The number of rotatable bonds is 15. The van der Waals surface area contributed by atoms with Gasteiger partial charge >= 0.3 is 5.97 Å². The van der Waals surface area contributed by atoms with E-state index in [2.05, 4.69) is 13.8 Å². The number of hydrogen-bond donors (Lipinski definition) is 0. The predicted octanol–water partition coefficient (Wildman–Crippen LogP) is 5.71. The predicted molar refractivity (Wildman–Crippen MR) is 150 cm³/mol. The Bertz CT molecular complexity index is 1190. The van der Waals surface area contributed by atoms with Gasteiger partial charge in [-0.25, -0.2) is 4.79 Å². The molecule has 8 nitrogen and oxygen atoms in total. The molecule has 2 aromatic rings. The van der Waals surface area contributed by atoms with Crippen LogP contribution in [0.4, 0.5) is 0 Å². The second-order valence-electron chi connectivity index (χ2n) is 9.18. The SMILES string of the molecule is CCCc1c(OCCCOc2ccc(C(=O)CSC#N)c(OC)c2CCC)ccc2c1OC(C(=O)OC)CC2. The molecule has 0 N–H and O–H groups in total. The maximum Gasteiger partial charge on any atom is 0.347 e. The minimum absolute atomic E-state index is 0.0765. The molecule has 0 aromatic heterocycles. The van der Waals surface area contributed by atoms with Crippen LogP contribution in [0, 0.1) is 10.7 Å². The molecule has 3 rings (SSSR count). The van der Waals surface area contributed by atoms with Gasteiger partial charge in [0.1, 0.15) is 28.4 Å². The van der Waals surface area contributed by atoms with Crippen LogP contribution in [-0.4, -0.2) is 51.0 Å². The van der Waals surface area contributed by atoms with Crippen molar-refractivity contribution in [3.05, 3.63) is 46.5 Å². The summed E-state index contributed by atoms with van der Waals surface area (Å²) in [6.07, 6.45) is 4.65. The Morgan fingerprint density at radius 2 is 1.69 bits per heavy atom. The fourth-order valence-electron chi connectivity index (χ4n) is 4.69. The Hall–Kier alpha value is -3.38. The molecule has 1 atom stereocenters. The molecule has 1 unspecified atom stereocenters. The van der Waals surface area contributed by atoms with Gasteiger partial charge in [-0.2, -0.15) is 5.26 Å². The third kappa shape index (κ3) is 7.60. The molecule has 210 valence electrons. The van der Waals surface area contributed by atoms with Crippen molar-refractivity contribution < 1.29 is 33.3 Å². The largest absolute Gasteiger partial charge is 0.496 e. The number of ketones is 1. The zero-order valence-electron chi connectivity index (χ0n) is 23.2. The van der Waals surface area contributed by atoms with Gasteiger partial charge in [0, 0.05) is 17.5 Å². The summed E-state index contributed by atoms with van der Waals surface area (Å²) in [5.74, 6) is 2.26. The minimum atomic E-state index is -0.595. The van der Waals surface area contributed by atoms with E-state index < -0.39 is 6.10 Å². The van der Waals surface area contributed by atoms with Crippen LogP contribution in [0.15, 0.2) is 24.3 Å². The third-order valence-electron chi connectivity index (χ3n) is 6.49. The van der Waals surface area contributed by atoms with Crippen molar-refractivity contribution in [2.24, 2.45) is 0 Å². The molecule has 0 aliphatic carbocycles. The number of hydrogen-bond acceptors (Lipinski definition) is 9. The molecule has 0 saturated carbocycles. The van der Waals surface area contributed by atoms with Crippen LogP contribution in [0.3, 0.4) is 0 Å². The highest BCUT2D eigenvalue weighted by Crippen LogP contribution is 2.38. The summed E-state index contributed by atoms with van der Waals surface area (Å²) in [7, 11) is 2.92. The Morgan fingerprint density at radius 3 is 2.33 bits per heavy atom. The van der Waals surface area contributed by atoms with E-state index in [9.17, 15) is 9.59 Å². The van der Waals surface area contributed by atoms with E-state index in [0.717, 1.165) is 65.6 Å². The number of carbonyl (C=O) groups excluding carboxylic acids is 2. The topological polar surface area (TPSA) is 104 Å². The summed E-state index contributed by atoms with van der Waals surface area (Å²) in [6, 6.07) is 7.50. The van der Waals surface area contributed by atoms with Crippen molar-refractivity contribution in [1.29, 1.82) is 5.26 Å². The summed E-state index contributed by atoms with van der Waals surface area (Å²) in [5.41, 5.74) is 3.38. The summed E-state index contributed by atoms with van der Waals surface area (Å²) >= 11 is 0.912. The molecule has 0 bridgehead atoms. The van der Waals surface area contributed by atoms with Gasteiger partial charge in [-0.15, -0.1) is 0 Å². The van der Waals surface area contributed by atoms with E-state index >= 15 is 0 Å². The number of esters is 1. The van der Waals surface area contributed by atoms with Crippen LogP contribution in [0.2, 0.25) is 0 Å². The maximum absolute atomic E-state index is 12.6. The maximum atomic E-state index is 12.6. The lowest BCUT2D eigenvalue weighted by molar-refractivity contribution is -0.149. The van der Waals surface area contributed by atoms with Crippen molar-refractivity contribution in [3.8, 4) is 28.4 Å². The molecular formula is C30H37NO7S. The summed E-state index contributed by atoms with van der Waals surface area (Å²) in [5, 5.41) is 10.7. The van der Waals surface area contributed by atoms with Crippen LogP contribution in [0.1, 0.15) is 66.6 Å². The molecule has 0 radical (unpaired) electrons. The number of benzene rings is 2. The number of ether oxygens (including phenoxy) is 5. The van der Waals surface area contributed by atoms with Gasteiger partial charge in [0.15, 0.2) is 11.9 Å². The smallest absolute Gasteiger partial charge is 0.347 e. The van der Waals surface area contributed by atoms with Crippen molar-refractivity contribution >= 4 is 23.5 Å². The van der Waals surface area contributed by atoms with Crippen molar-refractivity contribution in [1.82, 2.24) is 0 Å². The van der Waals surface area contributed by atoms with Gasteiger partial charge in [-0.3, -0.25) is 4.79 Å². The number of nitriles is 1. The first-order valence-corrected chi connectivity index (χ1v) is 14.4. The molecule has 1 aliphatic rings. The molecule has 39 heavy (non-hydrogen) atoms. The van der Waals surface area contributed by atoms with Crippen LogP contribution in [0.25, 0.3) is 0 Å². The van der Waals surface area contributed by atoms with Crippen molar-refractivity contribution in [2.45, 2.75) is 64.9 Å². The fraction of sp³-hybridized carbons (Fsp3) is 0.500. The second-order valence-corrected chi connectivity index (χ2v) is 9.94. The first-order valence-electron chi connectivity index (χ1n) is 13.4. The number of thioether (sulfide) groups is 1. The molecule has 0 spiro atoms. The summed E-state index contributed by atoms with van der Waals surface area (Å²) in [4.78, 5) is 24.6. The van der Waals surface area contributed by atoms with Crippen LogP contribution < -0.4 is 18.9 Å². The molecule has 2 aromatic carbocycles. The summed E-state index contributed by atoms with van der Waals surface area (Å²) < 4.78 is 28.8. The van der Waals surface area contributed by atoms with E-state index in [-0.39, 0.29) is 17.5 Å². The minimum Gasteiger partial charge on any atom is -0.496 e. The monoisotopic (exact) mass is 555 g/mol. The van der Waals surface area contributed by atoms with Crippen LogP contribution in [-0.2, 0) is 28.8 Å². The number of aryl methyl sites for hydroxylation is 1.